The second-order valence-electron chi connectivity index (χ2n) is 8.32. The molecular weight excluding hydrogens is 354 g/mol. The molecule has 0 bridgehead atoms. The Hall–Kier alpha value is -2.08. The number of hydrogen-bond acceptors (Lipinski definition) is 4. The number of benzene rings is 1. The third-order valence-electron chi connectivity index (χ3n) is 6.64. The van der Waals surface area contributed by atoms with Gasteiger partial charge in [0.05, 0.1) is 18.7 Å². The number of fused-ring (bicyclic) bond motifs is 1. The maximum atomic E-state index is 12.8. The molecule has 1 N–H and O–H groups in total. The van der Waals surface area contributed by atoms with Gasteiger partial charge in [-0.2, -0.15) is 0 Å². The highest BCUT2D eigenvalue weighted by Gasteiger charge is 2.37. The van der Waals surface area contributed by atoms with E-state index in [9.17, 15) is 9.59 Å². The number of hydrogen-bond donors (Lipinski definition) is 1. The lowest BCUT2D eigenvalue weighted by atomic mass is 9.83. The molecule has 0 aromatic heterocycles. The molecule has 3 aliphatic rings. The molecule has 0 spiro atoms. The van der Waals surface area contributed by atoms with E-state index in [1.165, 1.54) is 45.2 Å². The second-order valence-corrected chi connectivity index (χ2v) is 8.32. The van der Waals surface area contributed by atoms with Gasteiger partial charge in [-0.3, -0.25) is 9.59 Å². The Kier molecular flexibility index (Phi) is 5.85. The zero-order valence-corrected chi connectivity index (χ0v) is 16.7. The molecule has 152 valence electrons. The third kappa shape index (κ3) is 3.88. The van der Waals surface area contributed by atoms with Crippen molar-refractivity contribution in [1.29, 1.82) is 0 Å². The smallest absolute Gasteiger partial charge is 0.227 e. The molecule has 4 rings (SSSR count). The van der Waals surface area contributed by atoms with E-state index >= 15 is 0 Å². The monoisotopic (exact) mass is 385 g/mol. The van der Waals surface area contributed by atoms with E-state index in [2.05, 4.69) is 10.2 Å². The lowest BCUT2D eigenvalue weighted by Crippen LogP contribution is -2.51. The molecule has 0 aliphatic carbocycles. The van der Waals surface area contributed by atoms with Gasteiger partial charge in [0.25, 0.3) is 0 Å². The van der Waals surface area contributed by atoms with Crippen LogP contribution in [0.5, 0.6) is 5.75 Å². The molecule has 3 atom stereocenters. The van der Waals surface area contributed by atoms with Crippen LogP contribution in [0.25, 0.3) is 0 Å². The Morgan fingerprint density at radius 2 is 2.00 bits per heavy atom. The van der Waals surface area contributed by atoms with Gasteiger partial charge < -0.3 is 19.9 Å². The average Bonchev–Trinajstić information content (AvgIpc) is 3.13. The lowest BCUT2D eigenvalue weighted by Gasteiger charge is -2.44. The SMILES string of the molecule is COc1ccccc1N1C[C@H](C(=O)NC[C@H]2CCCN3CCCC[C@@H]23)CC1=O. The molecule has 3 saturated heterocycles. The summed E-state index contributed by atoms with van der Waals surface area (Å²) in [7, 11) is 1.60. The molecule has 1 aromatic carbocycles. The summed E-state index contributed by atoms with van der Waals surface area (Å²) in [6.07, 6.45) is 6.54. The Morgan fingerprint density at radius 1 is 1.18 bits per heavy atom. The topological polar surface area (TPSA) is 61.9 Å². The normalized spacial score (nSPS) is 28.1. The molecule has 0 radical (unpaired) electrons. The Morgan fingerprint density at radius 3 is 2.86 bits per heavy atom. The van der Waals surface area contributed by atoms with Crippen LogP contribution in [-0.2, 0) is 9.59 Å². The number of amides is 2. The van der Waals surface area contributed by atoms with Crippen LogP contribution in [0.4, 0.5) is 5.69 Å². The number of para-hydroxylation sites is 2. The maximum Gasteiger partial charge on any atom is 0.227 e. The second kappa shape index (κ2) is 8.52. The maximum absolute atomic E-state index is 12.8. The Bertz CT molecular complexity index is 721. The molecule has 0 saturated carbocycles. The van der Waals surface area contributed by atoms with Crippen LogP contribution < -0.4 is 15.0 Å². The van der Waals surface area contributed by atoms with Crippen molar-refractivity contribution < 1.29 is 14.3 Å². The molecule has 3 heterocycles. The molecular formula is C22H31N3O3. The fraction of sp³-hybridized carbons (Fsp3) is 0.636. The highest BCUT2D eigenvalue weighted by Crippen LogP contribution is 2.33. The fourth-order valence-corrected chi connectivity index (χ4v) is 5.16. The highest BCUT2D eigenvalue weighted by molar-refractivity contribution is 6.01. The number of nitrogens with zero attached hydrogens (tertiary/aromatic N) is 2. The molecule has 6 nitrogen and oxygen atoms in total. The summed E-state index contributed by atoms with van der Waals surface area (Å²) in [5.74, 6) is 0.917. The predicted octanol–water partition coefficient (Wildman–Crippen LogP) is 2.43. The number of anilines is 1. The lowest BCUT2D eigenvalue weighted by molar-refractivity contribution is -0.126. The van der Waals surface area contributed by atoms with Crippen molar-refractivity contribution in [1.82, 2.24) is 10.2 Å². The third-order valence-corrected chi connectivity index (χ3v) is 6.64. The largest absolute Gasteiger partial charge is 0.495 e. The summed E-state index contributed by atoms with van der Waals surface area (Å²) < 4.78 is 5.38. The van der Waals surface area contributed by atoms with Crippen LogP contribution in [0.3, 0.4) is 0 Å². The number of ether oxygens (including phenoxy) is 1. The van der Waals surface area contributed by atoms with Crippen molar-refractivity contribution in [2.24, 2.45) is 11.8 Å². The first-order valence-electron chi connectivity index (χ1n) is 10.6. The summed E-state index contributed by atoms with van der Waals surface area (Å²) in [5, 5.41) is 3.17. The van der Waals surface area contributed by atoms with Gasteiger partial charge in [-0.05, 0) is 56.8 Å². The summed E-state index contributed by atoms with van der Waals surface area (Å²) in [4.78, 5) is 29.6. The molecule has 3 fully saturated rings. The zero-order chi connectivity index (χ0) is 19.5. The van der Waals surface area contributed by atoms with Crippen LogP contribution in [0, 0.1) is 11.8 Å². The minimum absolute atomic E-state index is 0.0127. The minimum atomic E-state index is -0.288. The van der Waals surface area contributed by atoms with Gasteiger partial charge in [-0.15, -0.1) is 0 Å². The first kappa shape index (κ1) is 19.2. The standard InChI is InChI=1S/C22H31N3O3/c1-28-20-10-3-2-9-19(20)25-15-17(13-21(25)26)22(27)23-14-16-7-6-12-24-11-5-4-8-18(16)24/h2-3,9-10,16-18H,4-8,11-15H2,1H3,(H,23,27)/t16-,17-,18+/m1/s1. The van der Waals surface area contributed by atoms with Crippen molar-refractivity contribution in [3.63, 3.8) is 0 Å². The molecule has 1 aromatic rings. The van der Waals surface area contributed by atoms with Gasteiger partial charge in [0.15, 0.2) is 0 Å². The van der Waals surface area contributed by atoms with E-state index in [0.717, 1.165) is 12.2 Å². The van der Waals surface area contributed by atoms with Gasteiger partial charge in [-0.25, -0.2) is 0 Å². The molecule has 2 amide bonds. The van der Waals surface area contributed by atoms with Crippen molar-refractivity contribution in [2.45, 2.75) is 44.6 Å². The number of methoxy groups -OCH3 is 1. The van der Waals surface area contributed by atoms with E-state index in [1.807, 2.05) is 24.3 Å². The summed E-state index contributed by atoms with van der Waals surface area (Å²) in [6, 6.07) is 8.10. The van der Waals surface area contributed by atoms with Crippen molar-refractivity contribution in [2.75, 3.05) is 38.2 Å². The van der Waals surface area contributed by atoms with Crippen LogP contribution in [0.1, 0.15) is 38.5 Å². The van der Waals surface area contributed by atoms with Gasteiger partial charge in [0.2, 0.25) is 11.8 Å². The number of rotatable bonds is 5. The molecule has 0 unspecified atom stereocenters. The van der Waals surface area contributed by atoms with E-state index in [0.29, 0.717) is 24.3 Å². The van der Waals surface area contributed by atoms with Gasteiger partial charge >= 0.3 is 0 Å². The van der Waals surface area contributed by atoms with Gasteiger partial charge in [-0.1, -0.05) is 18.6 Å². The fourth-order valence-electron chi connectivity index (χ4n) is 5.16. The minimum Gasteiger partial charge on any atom is -0.495 e. The number of carbonyl (C=O) groups is 2. The highest BCUT2D eigenvalue weighted by atomic mass is 16.5. The van der Waals surface area contributed by atoms with Crippen molar-refractivity contribution in [3.8, 4) is 5.75 Å². The Balaban J connectivity index is 1.35. The Labute approximate surface area is 167 Å². The number of carbonyl (C=O) groups excluding carboxylic acids is 2. The van der Waals surface area contributed by atoms with Crippen molar-refractivity contribution >= 4 is 17.5 Å². The van der Waals surface area contributed by atoms with Gasteiger partial charge in [0.1, 0.15) is 5.75 Å². The van der Waals surface area contributed by atoms with E-state index in [-0.39, 0.29) is 24.2 Å². The molecule has 3 aliphatic heterocycles. The number of nitrogens with one attached hydrogen (secondary N) is 1. The van der Waals surface area contributed by atoms with E-state index in [4.69, 9.17) is 4.74 Å². The summed E-state index contributed by atoms with van der Waals surface area (Å²) in [6.45, 7) is 3.57. The van der Waals surface area contributed by atoms with E-state index in [1.54, 1.807) is 12.0 Å². The number of piperidine rings is 2. The summed E-state index contributed by atoms with van der Waals surface area (Å²) >= 11 is 0. The molecule has 28 heavy (non-hydrogen) atoms. The first-order valence-corrected chi connectivity index (χ1v) is 10.6. The average molecular weight is 386 g/mol. The quantitative estimate of drug-likeness (QED) is 0.846. The van der Waals surface area contributed by atoms with E-state index < -0.39 is 0 Å². The first-order chi connectivity index (χ1) is 13.7. The van der Waals surface area contributed by atoms with Crippen LogP contribution >= 0.6 is 0 Å². The van der Waals surface area contributed by atoms with Crippen LogP contribution in [-0.4, -0.2) is 56.0 Å². The molecule has 6 heteroatoms. The van der Waals surface area contributed by atoms with Crippen molar-refractivity contribution in [3.05, 3.63) is 24.3 Å². The van der Waals surface area contributed by atoms with Crippen LogP contribution in [0.2, 0.25) is 0 Å². The predicted molar refractivity (Wildman–Crippen MR) is 108 cm³/mol. The van der Waals surface area contributed by atoms with Crippen LogP contribution in [0.15, 0.2) is 24.3 Å². The zero-order valence-electron chi connectivity index (χ0n) is 16.7. The van der Waals surface area contributed by atoms with Gasteiger partial charge in [0, 0.05) is 25.6 Å². The summed E-state index contributed by atoms with van der Waals surface area (Å²) in [5.41, 5.74) is 0.746.